The number of hydrogen-bond acceptors (Lipinski definition) is 9. The normalized spacial score (nSPS) is 17.4. The number of halogens is 2. The third-order valence-corrected chi connectivity index (χ3v) is 9.28. The molecule has 1 saturated carbocycles. The van der Waals surface area contributed by atoms with Gasteiger partial charge in [0.15, 0.2) is 11.2 Å². The highest BCUT2D eigenvalue weighted by atomic mass is 35.5. The van der Waals surface area contributed by atoms with Gasteiger partial charge in [0, 0.05) is 16.5 Å². The van der Waals surface area contributed by atoms with E-state index in [0.717, 1.165) is 12.8 Å². The molecule has 2 fully saturated rings. The predicted octanol–water partition coefficient (Wildman–Crippen LogP) is 7.06. The van der Waals surface area contributed by atoms with E-state index >= 15 is 0 Å². The summed E-state index contributed by atoms with van der Waals surface area (Å²) in [6, 6.07) is 12.4. The first-order valence-corrected chi connectivity index (χ1v) is 16.3. The summed E-state index contributed by atoms with van der Waals surface area (Å²) in [6.07, 6.45) is 3.01. The van der Waals surface area contributed by atoms with E-state index in [2.05, 4.69) is 16.0 Å². The lowest BCUT2D eigenvalue weighted by atomic mass is 10.0. The summed E-state index contributed by atoms with van der Waals surface area (Å²) in [4.78, 5) is 40.6. The molecule has 2 aromatic carbocycles. The van der Waals surface area contributed by atoms with Crippen molar-refractivity contribution in [1.82, 2.24) is 24.4 Å². The molecule has 1 aliphatic carbocycles. The van der Waals surface area contributed by atoms with E-state index in [1.165, 1.54) is 11.2 Å². The van der Waals surface area contributed by atoms with E-state index in [0.29, 0.717) is 61.8 Å². The number of imide groups is 1. The lowest BCUT2D eigenvalue weighted by Gasteiger charge is -2.25. The molecule has 0 radical (unpaired) electrons. The number of carbonyl (C=O) groups is 2. The average molecular weight is 678 g/mol. The topological polar surface area (TPSA) is 132 Å². The number of ether oxygens (including phenoxy) is 3. The Morgan fingerprint density at radius 2 is 1.98 bits per heavy atom. The van der Waals surface area contributed by atoms with Crippen LogP contribution in [0, 0.1) is 23.2 Å². The summed E-state index contributed by atoms with van der Waals surface area (Å²) < 4.78 is 19.3. The van der Waals surface area contributed by atoms with Gasteiger partial charge < -0.3 is 18.8 Å². The number of nitrogens with zero attached hydrogens (tertiary/aromatic N) is 6. The maximum Gasteiger partial charge on any atom is 0.416 e. The second-order valence-electron chi connectivity index (χ2n) is 12.6. The van der Waals surface area contributed by atoms with Crippen LogP contribution in [0.15, 0.2) is 42.7 Å². The first kappa shape index (κ1) is 32.5. The van der Waals surface area contributed by atoms with E-state index in [4.69, 9.17) is 42.4 Å². The quantitative estimate of drug-likeness (QED) is 0.164. The van der Waals surface area contributed by atoms with Crippen LogP contribution in [0.5, 0.6) is 11.6 Å². The van der Waals surface area contributed by atoms with Crippen LogP contribution in [0.4, 0.5) is 4.79 Å². The number of benzene rings is 2. The van der Waals surface area contributed by atoms with Crippen LogP contribution in [0.3, 0.4) is 0 Å². The number of rotatable bonds is 11. The molecular formula is C34H34Cl2N6O5. The van der Waals surface area contributed by atoms with Crippen molar-refractivity contribution in [1.29, 1.82) is 5.26 Å². The Morgan fingerprint density at radius 3 is 2.70 bits per heavy atom. The van der Waals surface area contributed by atoms with Gasteiger partial charge in [0.05, 0.1) is 35.8 Å². The highest BCUT2D eigenvalue weighted by Crippen LogP contribution is 2.42. The van der Waals surface area contributed by atoms with Crippen molar-refractivity contribution in [3.63, 3.8) is 0 Å². The Kier molecular flexibility index (Phi) is 9.01. The first-order valence-electron chi connectivity index (χ1n) is 15.5. The van der Waals surface area contributed by atoms with Gasteiger partial charge in [0.1, 0.15) is 30.1 Å². The summed E-state index contributed by atoms with van der Waals surface area (Å²) in [7, 11) is 0. The zero-order chi connectivity index (χ0) is 33.5. The molecule has 1 aliphatic heterocycles. The van der Waals surface area contributed by atoms with Crippen LogP contribution >= 0.6 is 23.2 Å². The van der Waals surface area contributed by atoms with Crippen LogP contribution in [0.25, 0.3) is 22.6 Å². The highest BCUT2D eigenvalue weighted by molar-refractivity contribution is 6.34. The minimum Gasteiger partial charge on any atom is -0.492 e. The second kappa shape index (κ2) is 13.0. The zero-order valence-electron chi connectivity index (χ0n) is 26.5. The number of carbonyl (C=O) groups excluding carboxylic acids is 2. The van der Waals surface area contributed by atoms with Crippen molar-refractivity contribution in [3.8, 4) is 29.1 Å². The maximum absolute atomic E-state index is 13.2. The van der Waals surface area contributed by atoms with Crippen molar-refractivity contribution in [2.75, 3.05) is 13.2 Å². The summed E-state index contributed by atoms with van der Waals surface area (Å²) >= 11 is 13.3. The van der Waals surface area contributed by atoms with Gasteiger partial charge in [-0.2, -0.15) is 10.2 Å². The molecule has 0 unspecified atom stereocenters. The zero-order valence-corrected chi connectivity index (χ0v) is 28.0. The van der Waals surface area contributed by atoms with E-state index in [-0.39, 0.29) is 43.2 Å². The van der Waals surface area contributed by atoms with Gasteiger partial charge in [0.25, 0.3) is 0 Å². The molecule has 244 valence electrons. The summed E-state index contributed by atoms with van der Waals surface area (Å²) in [6.45, 7) is 8.30. The van der Waals surface area contributed by atoms with E-state index in [9.17, 15) is 14.9 Å². The summed E-state index contributed by atoms with van der Waals surface area (Å²) in [5, 5.41) is 10.6. The summed E-state index contributed by atoms with van der Waals surface area (Å²) in [5.74, 6) is 0.546. The number of hydrogen-bond donors (Lipinski definition) is 0. The number of nitriles is 1. The van der Waals surface area contributed by atoms with Crippen molar-refractivity contribution in [2.24, 2.45) is 11.8 Å². The molecule has 2 aliphatic rings. The van der Waals surface area contributed by atoms with E-state index in [1.807, 2.05) is 31.4 Å². The third-order valence-electron chi connectivity index (χ3n) is 8.66. The van der Waals surface area contributed by atoms with E-state index in [1.54, 1.807) is 37.3 Å². The number of imidazole rings is 1. The molecule has 11 nitrogen and oxygen atoms in total. The third kappa shape index (κ3) is 6.58. The van der Waals surface area contributed by atoms with Gasteiger partial charge >= 0.3 is 6.09 Å². The van der Waals surface area contributed by atoms with Gasteiger partial charge in [-0.15, -0.1) is 0 Å². The summed E-state index contributed by atoms with van der Waals surface area (Å²) in [5.41, 5.74) is 2.38. The van der Waals surface area contributed by atoms with Crippen LogP contribution in [-0.4, -0.2) is 61.3 Å². The average Bonchev–Trinajstić information content (AvgIpc) is 3.46. The SMILES string of the molecule is CC(C)[C@@H]1COC(=O)N1C(=O)[C@H](C)CCOc1cccc(-c2nc3c(OC4(C)CC4)ncnc3n2Cc2cc(Cl)ccc2C#N)c1Cl. The first-order chi connectivity index (χ1) is 22.5. The van der Waals surface area contributed by atoms with Gasteiger partial charge in [-0.25, -0.2) is 19.7 Å². The standard InChI is InChI=1S/C34H34Cl2N6O5/c1-19(2)25-17-46-33(44)42(25)32(43)20(3)10-13-45-26-7-5-6-24(27(26)36)29-40-28-30(38-18-39-31(28)47-34(4)11-12-34)41(29)16-22-14-23(35)9-8-21(22)15-37/h5-9,14,18-20,25H,10-13,16-17H2,1-4H3/t20-,25+/m1/s1. The fraction of sp³-hybridized carbons (Fsp3) is 0.412. The molecule has 2 atom stereocenters. The van der Waals surface area contributed by atoms with Crippen molar-refractivity contribution in [3.05, 3.63) is 63.9 Å². The molecular weight excluding hydrogens is 643 g/mol. The molecule has 2 aromatic heterocycles. The molecule has 1 saturated heterocycles. The predicted molar refractivity (Wildman–Crippen MR) is 175 cm³/mol. The van der Waals surface area contributed by atoms with Gasteiger partial charge in [0.2, 0.25) is 11.8 Å². The molecule has 13 heteroatoms. The van der Waals surface area contributed by atoms with Crippen molar-refractivity contribution < 1.29 is 23.8 Å². The lowest BCUT2D eigenvalue weighted by Crippen LogP contribution is -2.44. The fourth-order valence-electron chi connectivity index (χ4n) is 5.51. The minimum absolute atomic E-state index is 0.0791. The van der Waals surface area contributed by atoms with Crippen LogP contribution < -0.4 is 9.47 Å². The monoisotopic (exact) mass is 676 g/mol. The molecule has 6 rings (SSSR count). The lowest BCUT2D eigenvalue weighted by molar-refractivity contribution is -0.133. The molecule has 47 heavy (non-hydrogen) atoms. The van der Waals surface area contributed by atoms with Crippen LogP contribution in [0.2, 0.25) is 10.0 Å². The van der Waals surface area contributed by atoms with Crippen molar-refractivity contribution >= 4 is 46.4 Å². The Labute approximate surface area is 282 Å². The largest absolute Gasteiger partial charge is 0.492 e. The van der Waals surface area contributed by atoms with Crippen LogP contribution in [-0.2, 0) is 16.1 Å². The Hall–Kier alpha value is -4.40. The minimum atomic E-state index is -0.607. The van der Waals surface area contributed by atoms with Crippen LogP contribution in [0.1, 0.15) is 58.1 Å². The molecule has 3 heterocycles. The molecule has 2 amide bonds. The maximum atomic E-state index is 13.2. The van der Waals surface area contributed by atoms with E-state index < -0.39 is 12.0 Å². The van der Waals surface area contributed by atoms with Gasteiger partial charge in [-0.1, -0.05) is 50.0 Å². The Morgan fingerprint density at radius 1 is 1.19 bits per heavy atom. The molecule has 0 bridgehead atoms. The number of amides is 2. The second-order valence-corrected chi connectivity index (χ2v) is 13.4. The smallest absolute Gasteiger partial charge is 0.416 e. The molecule has 4 aromatic rings. The number of aromatic nitrogens is 4. The number of cyclic esters (lactones) is 1. The fourth-order valence-corrected chi connectivity index (χ4v) is 5.97. The molecule has 0 spiro atoms. The van der Waals surface area contributed by atoms with Crippen molar-refractivity contribution in [2.45, 2.75) is 65.1 Å². The Balaban J connectivity index is 1.30. The highest BCUT2D eigenvalue weighted by Gasteiger charge is 2.42. The Bertz CT molecular complexity index is 1900. The van der Waals surface area contributed by atoms with Gasteiger partial charge in [-0.05, 0) is 68.0 Å². The van der Waals surface area contributed by atoms with Gasteiger partial charge in [-0.3, -0.25) is 4.79 Å². The molecule has 0 N–H and O–H groups in total. The number of fused-ring (bicyclic) bond motifs is 1.